The molecule has 10 heteroatoms. The number of nitrogens with one attached hydrogen (secondary N) is 2. The molecule has 9 nitrogen and oxygen atoms in total. The van der Waals surface area contributed by atoms with E-state index in [4.69, 9.17) is 4.43 Å². The lowest BCUT2D eigenvalue weighted by Crippen LogP contribution is -2.57. The number of hydrogen-bond acceptors (Lipinski definition) is 5. The zero-order valence-electron chi connectivity index (χ0n) is 25.2. The molecule has 0 saturated carbocycles. The number of nitrogens with zero attached hydrogens (tertiary/aromatic N) is 1. The third kappa shape index (κ3) is 7.28. The van der Waals surface area contributed by atoms with E-state index in [-0.39, 0.29) is 41.8 Å². The average molecular weight is 594 g/mol. The van der Waals surface area contributed by atoms with Crippen LogP contribution in [0.5, 0.6) is 0 Å². The molecule has 2 aromatic carbocycles. The second-order valence-electron chi connectivity index (χ2n) is 12.9. The molecule has 4 rings (SSSR count). The number of fused-ring (bicyclic) bond motifs is 2. The van der Waals surface area contributed by atoms with Crippen LogP contribution in [0, 0.1) is 0 Å². The van der Waals surface area contributed by atoms with Gasteiger partial charge in [0.25, 0.3) is 5.91 Å². The normalized spacial score (nSPS) is 22.5. The first-order chi connectivity index (χ1) is 19.8. The predicted octanol–water partition coefficient (Wildman–Crippen LogP) is 4.63. The van der Waals surface area contributed by atoms with Crippen molar-refractivity contribution in [3.63, 3.8) is 0 Å². The van der Waals surface area contributed by atoms with Gasteiger partial charge in [0, 0.05) is 11.6 Å². The van der Waals surface area contributed by atoms with Crippen molar-refractivity contribution in [2.45, 2.75) is 95.2 Å². The third-order valence-electron chi connectivity index (χ3n) is 8.84. The summed E-state index contributed by atoms with van der Waals surface area (Å²) in [7, 11) is -2.18. The lowest BCUT2D eigenvalue weighted by Gasteiger charge is -2.37. The Morgan fingerprint density at radius 2 is 1.74 bits per heavy atom. The zero-order valence-corrected chi connectivity index (χ0v) is 26.2. The van der Waals surface area contributed by atoms with Crippen LogP contribution >= 0.6 is 0 Å². The van der Waals surface area contributed by atoms with Gasteiger partial charge in [0.1, 0.15) is 12.1 Å². The number of amides is 3. The van der Waals surface area contributed by atoms with Crippen molar-refractivity contribution in [2.75, 3.05) is 6.61 Å². The van der Waals surface area contributed by atoms with E-state index in [2.05, 4.69) is 44.5 Å². The number of hydrogen-bond donors (Lipinski definition) is 3. The number of rotatable bonds is 9. The lowest BCUT2D eigenvalue weighted by atomic mass is 10.0. The summed E-state index contributed by atoms with van der Waals surface area (Å²) in [5.41, 5.74) is 0.457. The monoisotopic (exact) mass is 593 g/mol. The predicted molar refractivity (Wildman–Crippen MR) is 165 cm³/mol. The molecule has 4 atom stereocenters. The average Bonchev–Trinajstić information content (AvgIpc) is 3.34. The second-order valence-corrected chi connectivity index (χ2v) is 17.7. The van der Waals surface area contributed by atoms with Gasteiger partial charge >= 0.3 is 5.97 Å². The molecular weight excluding hydrogens is 550 g/mol. The highest BCUT2D eigenvalue weighted by Crippen LogP contribution is 2.36. The zero-order chi connectivity index (χ0) is 30.7. The van der Waals surface area contributed by atoms with Crippen LogP contribution < -0.4 is 10.6 Å². The lowest BCUT2D eigenvalue weighted by molar-refractivity contribution is -0.143. The molecule has 0 radical (unpaired) electrons. The minimum atomic E-state index is -2.18. The van der Waals surface area contributed by atoms with Crippen molar-refractivity contribution in [3.8, 4) is 0 Å². The van der Waals surface area contributed by atoms with Crippen LogP contribution in [-0.4, -0.2) is 72.8 Å². The van der Waals surface area contributed by atoms with Crippen molar-refractivity contribution in [2.24, 2.45) is 0 Å². The van der Waals surface area contributed by atoms with Crippen molar-refractivity contribution < 1.29 is 28.7 Å². The Labute approximate surface area is 248 Å². The third-order valence-corrected chi connectivity index (χ3v) is 13.3. The van der Waals surface area contributed by atoms with Gasteiger partial charge in [-0.2, -0.15) is 0 Å². The van der Waals surface area contributed by atoms with E-state index in [9.17, 15) is 24.3 Å². The van der Waals surface area contributed by atoms with E-state index in [0.29, 0.717) is 31.2 Å². The van der Waals surface area contributed by atoms with Crippen LogP contribution in [0.1, 0.15) is 63.2 Å². The number of carbonyl (C=O) groups excluding carboxylic acids is 3. The molecule has 4 unspecified atom stereocenters. The maximum atomic E-state index is 13.9. The van der Waals surface area contributed by atoms with Crippen LogP contribution in [0.25, 0.3) is 10.8 Å². The molecule has 3 N–H and O–H groups in total. The SMILES string of the molecule is CC(C)(C)[Si](C)(C)OCC(CC(=O)O)NC(=O)C1CCC2C/C=C\CC(NC(=O)c3ccc4ccccc4c3)C(=O)N21. The second kappa shape index (κ2) is 12.8. The van der Waals surface area contributed by atoms with Crippen molar-refractivity contribution in [3.05, 3.63) is 60.2 Å². The topological polar surface area (TPSA) is 125 Å². The fraction of sp³-hybridized carbons (Fsp3) is 0.500. The number of carbonyl (C=O) groups is 4. The molecule has 0 spiro atoms. The fourth-order valence-electron chi connectivity index (χ4n) is 5.35. The van der Waals surface area contributed by atoms with Gasteiger partial charge in [-0.15, -0.1) is 0 Å². The first-order valence-corrected chi connectivity index (χ1v) is 17.6. The molecule has 226 valence electrons. The summed E-state index contributed by atoms with van der Waals surface area (Å²) in [5, 5.41) is 17.2. The van der Waals surface area contributed by atoms with Crippen molar-refractivity contribution in [1.82, 2.24) is 15.5 Å². The molecule has 0 bridgehead atoms. The van der Waals surface area contributed by atoms with E-state index in [0.717, 1.165) is 10.8 Å². The van der Waals surface area contributed by atoms with E-state index in [1.54, 1.807) is 17.0 Å². The van der Waals surface area contributed by atoms with Gasteiger partial charge in [0.05, 0.1) is 19.1 Å². The fourth-order valence-corrected chi connectivity index (χ4v) is 6.40. The molecule has 2 aliphatic rings. The summed E-state index contributed by atoms with van der Waals surface area (Å²) in [6.07, 6.45) is 5.67. The highest BCUT2D eigenvalue weighted by Gasteiger charge is 2.44. The molecule has 42 heavy (non-hydrogen) atoms. The Bertz CT molecular complexity index is 1370. The van der Waals surface area contributed by atoms with Gasteiger partial charge in [-0.1, -0.05) is 63.3 Å². The van der Waals surface area contributed by atoms with Gasteiger partial charge in [0.15, 0.2) is 8.32 Å². The van der Waals surface area contributed by atoms with Gasteiger partial charge < -0.3 is 25.1 Å². The van der Waals surface area contributed by atoms with Crippen molar-refractivity contribution >= 4 is 42.8 Å². The summed E-state index contributed by atoms with van der Waals surface area (Å²) >= 11 is 0. The van der Waals surface area contributed by atoms with Crippen molar-refractivity contribution in [1.29, 1.82) is 0 Å². The Hall–Kier alpha value is -3.50. The van der Waals surface area contributed by atoms with E-state index in [1.165, 1.54) is 0 Å². The highest BCUT2D eigenvalue weighted by molar-refractivity contribution is 6.74. The molecule has 1 fully saturated rings. The molecule has 2 heterocycles. The van der Waals surface area contributed by atoms with Crippen LogP contribution in [0.4, 0.5) is 0 Å². The number of benzene rings is 2. The summed E-state index contributed by atoms with van der Waals surface area (Å²) in [6, 6.07) is 10.7. The molecule has 2 aliphatic heterocycles. The summed E-state index contributed by atoms with van der Waals surface area (Å²) < 4.78 is 6.24. The van der Waals surface area contributed by atoms with E-state index < -0.39 is 32.4 Å². The van der Waals surface area contributed by atoms with Gasteiger partial charge in [-0.05, 0) is 66.7 Å². The summed E-state index contributed by atoms with van der Waals surface area (Å²) in [6.45, 7) is 10.5. The van der Waals surface area contributed by atoms with E-state index in [1.807, 2.05) is 42.5 Å². The van der Waals surface area contributed by atoms with Crippen LogP contribution in [-0.2, 0) is 18.8 Å². The number of carboxylic acid groups (broad SMARTS) is 1. The minimum Gasteiger partial charge on any atom is -0.481 e. The van der Waals surface area contributed by atoms with Crippen LogP contribution in [0.3, 0.4) is 0 Å². The van der Waals surface area contributed by atoms with Crippen LogP contribution in [0.2, 0.25) is 18.1 Å². The maximum Gasteiger partial charge on any atom is 0.305 e. The number of carboxylic acids is 1. The Morgan fingerprint density at radius 3 is 2.43 bits per heavy atom. The quantitative estimate of drug-likeness (QED) is 0.288. The van der Waals surface area contributed by atoms with Crippen LogP contribution in [0.15, 0.2) is 54.6 Å². The van der Waals surface area contributed by atoms with E-state index >= 15 is 0 Å². The molecule has 1 saturated heterocycles. The highest BCUT2D eigenvalue weighted by atomic mass is 28.4. The minimum absolute atomic E-state index is 0.0692. The maximum absolute atomic E-state index is 13.9. The first-order valence-electron chi connectivity index (χ1n) is 14.7. The summed E-state index contributed by atoms with van der Waals surface area (Å²) in [4.78, 5) is 53.9. The Morgan fingerprint density at radius 1 is 1.05 bits per heavy atom. The Balaban J connectivity index is 1.48. The van der Waals surface area contributed by atoms with Gasteiger partial charge in [-0.3, -0.25) is 19.2 Å². The molecular formula is C32H43N3O6Si. The molecule has 0 aliphatic carbocycles. The molecule has 3 amide bonds. The first kappa shape index (κ1) is 31.4. The molecule has 0 aromatic heterocycles. The standard InChI is InChI=1S/C32H43N3O6Si/c1-32(2,3)42(4,5)41-20-24(19-28(36)37)33-30(39)27-17-16-25-12-8-9-13-26(31(40)35(25)27)34-29(38)23-15-14-21-10-6-7-11-22(21)18-23/h6-11,14-15,18,24-27H,12-13,16-17,19-20H2,1-5H3,(H,33,39)(H,34,38)(H,36,37)/b9-8-. The van der Waals surface area contributed by atoms with Gasteiger partial charge in [0.2, 0.25) is 11.8 Å². The smallest absolute Gasteiger partial charge is 0.305 e. The number of aliphatic carboxylic acids is 1. The largest absolute Gasteiger partial charge is 0.481 e. The molecule has 2 aromatic rings. The summed E-state index contributed by atoms with van der Waals surface area (Å²) in [5.74, 6) is -2.08. The Kier molecular flexibility index (Phi) is 9.57. The van der Waals surface area contributed by atoms with Gasteiger partial charge in [-0.25, -0.2) is 0 Å².